The fraction of sp³-hybridized carbons (Fsp3) is 1.00. The molecule has 0 amide bonds. The van der Waals surface area contributed by atoms with Gasteiger partial charge in [-0.25, -0.2) is 0 Å². The third kappa shape index (κ3) is 4.97. The molecule has 0 aliphatic carbocycles. The molecule has 0 spiro atoms. The van der Waals surface area contributed by atoms with Crippen LogP contribution in [0.4, 0.5) is 0 Å². The molecule has 0 saturated carbocycles. The first-order chi connectivity index (χ1) is 6.67. The predicted octanol–water partition coefficient (Wildman–Crippen LogP) is 2.49. The van der Waals surface area contributed by atoms with Crippen molar-refractivity contribution in [2.45, 2.75) is 59.5 Å². The fourth-order valence-corrected chi connectivity index (χ4v) is 1.90. The highest BCUT2D eigenvalue weighted by Crippen LogP contribution is 2.07. The van der Waals surface area contributed by atoms with Crippen LogP contribution in [-0.2, 0) is 0 Å². The monoisotopic (exact) mass is 200 g/mol. The summed E-state index contributed by atoms with van der Waals surface area (Å²) in [7, 11) is 0. The van der Waals surface area contributed by atoms with Gasteiger partial charge in [-0.1, -0.05) is 20.8 Å². The van der Waals surface area contributed by atoms with Crippen molar-refractivity contribution in [1.82, 2.24) is 10.2 Å². The predicted molar refractivity (Wildman–Crippen MR) is 64.8 cm³/mol. The van der Waals surface area contributed by atoms with Crippen LogP contribution < -0.4 is 5.32 Å². The Bertz CT molecular complexity index is 125. The van der Waals surface area contributed by atoms with Crippen molar-refractivity contribution in [2.75, 3.05) is 19.6 Å². The smallest absolute Gasteiger partial charge is 0.0195 e. The van der Waals surface area contributed by atoms with E-state index in [0.29, 0.717) is 12.1 Å². The molecule has 0 rings (SSSR count). The van der Waals surface area contributed by atoms with E-state index in [1.165, 1.54) is 12.8 Å². The van der Waals surface area contributed by atoms with Crippen molar-refractivity contribution in [3.05, 3.63) is 0 Å². The first-order valence-corrected chi connectivity index (χ1v) is 6.13. The largest absolute Gasteiger partial charge is 0.315 e. The van der Waals surface area contributed by atoms with Crippen molar-refractivity contribution in [1.29, 1.82) is 0 Å². The number of hydrogen-bond donors (Lipinski definition) is 1. The molecule has 86 valence electrons. The van der Waals surface area contributed by atoms with Crippen LogP contribution in [0.3, 0.4) is 0 Å². The molecule has 2 heteroatoms. The molecule has 2 unspecified atom stereocenters. The zero-order valence-corrected chi connectivity index (χ0v) is 10.6. The van der Waals surface area contributed by atoms with Crippen LogP contribution in [0.15, 0.2) is 0 Å². The van der Waals surface area contributed by atoms with Crippen molar-refractivity contribution in [2.24, 2.45) is 0 Å². The molecule has 2 atom stereocenters. The zero-order valence-electron chi connectivity index (χ0n) is 10.6. The number of nitrogens with one attached hydrogen (secondary N) is 1. The minimum absolute atomic E-state index is 0.654. The van der Waals surface area contributed by atoms with Gasteiger partial charge in [0.15, 0.2) is 0 Å². The van der Waals surface area contributed by atoms with Gasteiger partial charge in [0.25, 0.3) is 0 Å². The SMILES string of the molecule is CCCNCC(C)N(CC)C(C)CC. The molecule has 0 aromatic carbocycles. The van der Waals surface area contributed by atoms with Gasteiger partial charge in [0.1, 0.15) is 0 Å². The van der Waals surface area contributed by atoms with Gasteiger partial charge in [-0.05, 0) is 39.8 Å². The van der Waals surface area contributed by atoms with Crippen LogP contribution in [0, 0.1) is 0 Å². The van der Waals surface area contributed by atoms with E-state index in [-0.39, 0.29) is 0 Å². The summed E-state index contributed by atoms with van der Waals surface area (Å²) < 4.78 is 0. The van der Waals surface area contributed by atoms with E-state index in [9.17, 15) is 0 Å². The third-order valence-electron chi connectivity index (χ3n) is 2.95. The molecular formula is C12H28N2. The van der Waals surface area contributed by atoms with Crippen molar-refractivity contribution >= 4 is 0 Å². The fourth-order valence-electron chi connectivity index (χ4n) is 1.90. The van der Waals surface area contributed by atoms with Gasteiger partial charge >= 0.3 is 0 Å². The van der Waals surface area contributed by atoms with Crippen molar-refractivity contribution < 1.29 is 0 Å². The maximum absolute atomic E-state index is 3.49. The number of nitrogens with zero attached hydrogens (tertiary/aromatic N) is 1. The van der Waals surface area contributed by atoms with Crippen LogP contribution in [0.25, 0.3) is 0 Å². The highest BCUT2D eigenvalue weighted by atomic mass is 15.2. The molecule has 0 aliphatic rings. The van der Waals surface area contributed by atoms with Crippen LogP contribution in [-0.4, -0.2) is 36.6 Å². The van der Waals surface area contributed by atoms with Crippen molar-refractivity contribution in [3.63, 3.8) is 0 Å². The molecule has 0 saturated heterocycles. The third-order valence-corrected chi connectivity index (χ3v) is 2.95. The van der Waals surface area contributed by atoms with E-state index < -0.39 is 0 Å². The van der Waals surface area contributed by atoms with Crippen LogP contribution in [0.2, 0.25) is 0 Å². The molecule has 2 nitrogen and oxygen atoms in total. The Morgan fingerprint density at radius 3 is 2.14 bits per heavy atom. The number of likely N-dealkylation sites (N-methyl/N-ethyl adjacent to an activating group) is 1. The Morgan fingerprint density at radius 1 is 1.07 bits per heavy atom. The van der Waals surface area contributed by atoms with Crippen molar-refractivity contribution in [3.8, 4) is 0 Å². The van der Waals surface area contributed by atoms with Gasteiger partial charge in [-0.3, -0.25) is 4.90 Å². The summed E-state index contributed by atoms with van der Waals surface area (Å²) in [5, 5.41) is 3.49. The van der Waals surface area contributed by atoms with Gasteiger partial charge in [-0.15, -0.1) is 0 Å². The Labute approximate surface area is 90.1 Å². The normalized spacial score (nSPS) is 15.9. The van der Waals surface area contributed by atoms with E-state index in [4.69, 9.17) is 0 Å². The summed E-state index contributed by atoms with van der Waals surface area (Å²) in [4.78, 5) is 2.57. The quantitative estimate of drug-likeness (QED) is 0.606. The second-order valence-corrected chi connectivity index (χ2v) is 4.14. The van der Waals surface area contributed by atoms with Gasteiger partial charge in [-0.2, -0.15) is 0 Å². The van der Waals surface area contributed by atoms with Gasteiger partial charge in [0.2, 0.25) is 0 Å². The average molecular weight is 200 g/mol. The maximum atomic E-state index is 3.49. The number of hydrogen-bond acceptors (Lipinski definition) is 2. The Morgan fingerprint density at radius 2 is 1.71 bits per heavy atom. The number of rotatable bonds is 8. The maximum Gasteiger partial charge on any atom is 0.0195 e. The highest BCUT2D eigenvalue weighted by Gasteiger charge is 2.16. The molecule has 0 heterocycles. The van der Waals surface area contributed by atoms with E-state index in [0.717, 1.165) is 19.6 Å². The second kappa shape index (κ2) is 8.25. The standard InChI is InChI=1S/C12H28N2/c1-6-9-13-10-12(5)14(8-3)11(4)7-2/h11-13H,6-10H2,1-5H3. The van der Waals surface area contributed by atoms with E-state index in [2.05, 4.69) is 44.8 Å². The molecule has 0 radical (unpaired) electrons. The minimum Gasteiger partial charge on any atom is -0.315 e. The molecule has 0 aliphatic heterocycles. The minimum atomic E-state index is 0.654. The molecule has 0 aromatic heterocycles. The lowest BCUT2D eigenvalue weighted by Crippen LogP contribution is -2.45. The summed E-state index contributed by atoms with van der Waals surface area (Å²) in [6.45, 7) is 14.8. The Balaban J connectivity index is 3.84. The molecule has 0 aromatic rings. The lowest BCUT2D eigenvalue weighted by atomic mass is 10.1. The molecule has 0 bridgehead atoms. The second-order valence-electron chi connectivity index (χ2n) is 4.14. The van der Waals surface area contributed by atoms with E-state index in [1.807, 2.05) is 0 Å². The van der Waals surface area contributed by atoms with Crippen LogP contribution >= 0.6 is 0 Å². The van der Waals surface area contributed by atoms with E-state index >= 15 is 0 Å². The average Bonchev–Trinajstić information content (AvgIpc) is 2.19. The Hall–Kier alpha value is -0.0800. The highest BCUT2D eigenvalue weighted by molar-refractivity contribution is 4.73. The molecular weight excluding hydrogens is 172 g/mol. The Kier molecular flexibility index (Phi) is 8.20. The first-order valence-electron chi connectivity index (χ1n) is 6.13. The summed E-state index contributed by atoms with van der Waals surface area (Å²) in [5.41, 5.74) is 0. The summed E-state index contributed by atoms with van der Waals surface area (Å²) >= 11 is 0. The molecule has 14 heavy (non-hydrogen) atoms. The summed E-state index contributed by atoms with van der Waals surface area (Å²) in [5.74, 6) is 0. The van der Waals surface area contributed by atoms with Gasteiger partial charge < -0.3 is 5.32 Å². The van der Waals surface area contributed by atoms with Gasteiger partial charge in [0.05, 0.1) is 0 Å². The first kappa shape index (κ1) is 13.9. The van der Waals surface area contributed by atoms with Crippen LogP contribution in [0.1, 0.15) is 47.5 Å². The molecule has 1 N–H and O–H groups in total. The van der Waals surface area contributed by atoms with E-state index in [1.54, 1.807) is 0 Å². The van der Waals surface area contributed by atoms with Crippen LogP contribution in [0.5, 0.6) is 0 Å². The zero-order chi connectivity index (χ0) is 11.0. The topological polar surface area (TPSA) is 15.3 Å². The van der Waals surface area contributed by atoms with Gasteiger partial charge in [0, 0.05) is 18.6 Å². The lowest BCUT2D eigenvalue weighted by Gasteiger charge is -2.33. The lowest BCUT2D eigenvalue weighted by molar-refractivity contribution is 0.156. The molecule has 0 fully saturated rings. The summed E-state index contributed by atoms with van der Waals surface area (Å²) in [6, 6.07) is 1.36. The summed E-state index contributed by atoms with van der Waals surface area (Å²) in [6.07, 6.45) is 2.47.